The van der Waals surface area contributed by atoms with Crippen LogP contribution in [0.15, 0.2) is 0 Å². The zero-order valence-corrected chi connectivity index (χ0v) is 13.1. The number of amides is 1. The number of likely N-dealkylation sites (N-methyl/N-ethyl adjacent to an activating group) is 1. The summed E-state index contributed by atoms with van der Waals surface area (Å²) in [6.07, 6.45) is 2.37. The lowest BCUT2D eigenvalue weighted by Gasteiger charge is -2.24. The maximum absolute atomic E-state index is 12.1. The van der Waals surface area contributed by atoms with Gasteiger partial charge in [-0.15, -0.1) is 0 Å². The van der Waals surface area contributed by atoms with Crippen LogP contribution in [0.4, 0.5) is 0 Å². The van der Waals surface area contributed by atoms with Crippen LogP contribution in [0, 0.1) is 17.8 Å². The molecule has 1 rings (SSSR count). The molecule has 0 radical (unpaired) electrons. The van der Waals surface area contributed by atoms with Crippen LogP contribution in [0.1, 0.15) is 40.0 Å². The largest absolute Gasteiger partial charge is 0.481 e. The molecule has 1 amide bonds. The van der Waals surface area contributed by atoms with E-state index in [1.165, 1.54) is 0 Å². The molecule has 20 heavy (non-hydrogen) atoms. The van der Waals surface area contributed by atoms with Crippen LogP contribution < -0.4 is 5.32 Å². The van der Waals surface area contributed by atoms with Gasteiger partial charge in [-0.3, -0.25) is 9.59 Å². The van der Waals surface area contributed by atoms with Crippen LogP contribution in [0.25, 0.3) is 0 Å². The Hall–Kier alpha value is -1.10. The molecule has 0 spiro atoms. The van der Waals surface area contributed by atoms with Gasteiger partial charge >= 0.3 is 5.97 Å². The van der Waals surface area contributed by atoms with Gasteiger partial charge < -0.3 is 15.3 Å². The van der Waals surface area contributed by atoms with Gasteiger partial charge in [-0.05, 0) is 39.2 Å². The van der Waals surface area contributed by atoms with Crippen molar-refractivity contribution in [3.8, 4) is 0 Å². The van der Waals surface area contributed by atoms with Crippen molar-refractivity contribution in [3.05, 3.63) is 0 Å². The Bertz CT molecular complexity index is 346. The highest BCUT2D eigenvalue weighted by atomic mass is 16.4. The first kappa shape index (κ1) is 17.0. The molecule has 0 bridgehead atoms. The Morgan fingerprint density at radius 3 is 2.50 bits per heavy atom. The molecule has 1 aliphatic rings. The Labute approximate surface area is 121 Å². The third-order valence-corrected chi connectivity index (χ3v) is 4.56. The van der Waals surface area contributed by atoms with Crippen molar-refractivity contribution in [2.45, 2.75) is 46.1 Å². The van der Waals surface area contributed by atoms with Gasteiger partial charge in [0, 0.05) is 19.1 Å². The lowest BCUT2D eigenvalue weighted by Crippen LogP contribution is -2.40. The van der Waals surface area contributed by atoms with E-state index < -0.39 is 11.9 Å². The molecule has 5 heteroatoms. The van der Waals surface area contributed by atoms with Gasteiger partial charge in [0.1, 0.15) is 0 Å². The fourth-order valence-electron chi connectivity index (χ4n) is 2.87. The first-order chi connectivity index (χ1) is 9.36. The topological polar surface area (TPSA) is 69.6 Å². The molecule has 5 nitrogen and oxygen atoms in total. The van der Waals surface area contributed by atoms with Crippen molar-refractivity contribution in [1.82, 2.24) is 10.2 Å². The molecule has 0 aromatic rings. The Morgan fingerprint density at radius 1 is 1.35 bits per heavy atom. The van der Waals surface area contributed by atoms with Crippen LogP contribution in [0.2, 0.25) is 0 Å². The van der Waals surface area contributed by atoms with Crippen molar-refractivity contribution in [2.75, 3.05) is 20.1 Å². The van der Waals surface area contributed by atoms with Gasteiger partial charge in [-0.25, -0.2) is 0 Å². The minimum atomic E-state index is -0.841. The quantitative estimate of drug-likeness (QED) is 0.744. The molecule has 2 N–H and O–H groups in total. The summed E-state index contributed by atoms with van der Waals surface area (Å²) in [5.41, 5.74) is 0. The number of carbonyl (C=O) groups excluding carboxylic acids is 1. The fourth-order valence-corrected chi connectivity index (χ4v) is 2.87. The van der Waals surface area contributed by atoms with Gasteiger partial charge in [0.15, 0.2) is 0 Å². The molecule has 0 aromatic heterocycles. The normalized spacial score (nSPS) is 27.6. The number of nitrogens with zero attached hydrogens (tertiary/aromatic N) is 1. The van der Waals surface area contributed by atoms with Crippen molar-refractivity contribution in [3.63, 3.8) is 0 Å². The summed E-state index contributed by atoms with van der Waals surface area (Å²) in [5, 5.41) is 12.1. The Morgan fingerprint density at radius 2 is 1.95 bits per heavy atom. The molecule has 4 unspecified atom stereocenters. The zero-order valence-electron chi connectivity index (χ0n) is 13.1. The maximum Gasteiger partial charge on any atom is 0.307 e. The van der Waals surface area contributed by atoms with E-state index in [4.69, 9.17) is 0 Å². The molecule has 0 aromatic carbocycles. The van der Waals surface area contributed by atoms with Crippen molar-refractivity contribution in [2.24, 2.45) is 17.8 Å². The minimum Gasteiger partial charge on any atom is -0.481 e. The summed E-state index contributed by atoms with van der Waals surface area (Å²) in [7, 11) is 2.04. The van der Waals surface area contributed by atoms with E-state index in [1.807, 2.05) is 14.0 Å². The molecule has 116 valence electrons. The van der Waals surface area contributed by atoms with E-state index in [0.717, 1.165) is 13.0 Å². The number of hydrogen-bond donors (Lipinski definition) is 2. The summed E-state index contributed by atoms with van der Waals surface area (Å²) >= 11 is 0. The summed E-state index contributed by atoms with van der Waals surface area (Å²) in [4.78, 5) is 25.5. The lowest BCUT2D eigenvalue weighted by atomic mass is 9.95. The van der Waals surface area contributed by atoms with Crippen LogP contribution in [-0.4, -0.2) is 48.1 Å². The highest BCUT2D eigenvalue weighted by Crippen LogP contribution is 2.36. The Kier molecular flexibility index (Phi) is 6.46. The van der Waals surface area contributed by atoms with E-state index >= 15 is 0 Å². The lowest BCUT2D eigenvalue weighted by molar-refractivity contribution is -0.146. The van der Waals surface area contributed by atoms with Crippen LogP contribution in [-0.2, 0) is 9.59 Å². The molecule has 0 heterocycles. The number of rotatable bonds is 7. The number of carboxylic acids is 1. The first-order valence-corrected chi connectivity index (χ1v) is 7.57. The highest BCUT2D eigenvalue weighted by Gasteiger charge is 2.40. The van der Waals surface area contributed by atoms with Crippen molar-refractivity contribution < 1.29 is 14.7 Å². The minimum absolute atomic E-state index is 0.0979. The van der Waals surface area contributed by atoms with E-state index in [0.29, 0.717) is 31.3 Å². The second-order valence-electron chi connectivity index (χ2n) is 6.16. The molecular weight excluding hydrogens is 256 g/mol. The van der Waals surface area contributed by atoms with Crippen molar-refractivity contribution >= 4 is 11.9 Å². The SMILES string of the molecule is CCC(C)N(C)CCNC(=O)C1CC(C)CC1C(=O)O. The molecule has 4 atom stereocenters. The smallest absolute Gasteiger partial charge is 0.307 e. The standard InChI is InChI=1S/C15H28N2O3/c1-5-11(3)17(4)7-6-16-14(18)12-8-10(2)9-13(12)15(19)20/h10-13H,5-9H2,1-4H3,(H,16,18)(H,19,20). The third-order valence-electron chi connectivity index (χ3n) is 4.56. The zero-order chi connectivity index (χ0) is 15.3. The average Bonchev–Trinajstić information content (AvgIpc) is 2.79. The average molecular weight is 284 g/mol. The number of carbonyl (C=O) groups is 2. The van der Waals surface area contributed by atoms with Gasteiger partial charge in [-0.1, -0.05) is 13.8 Å². The van der Waals surface area contributed by atoms with Gasteiger partial charge in [-0.2, -0.15) is 0 Å². The summed E-state index contributed by atoms with van der Waals surface area (Å²) < 4.78 is 0. The number of hydrogen-bond acceptors (Lipinski definition) is 3. The number of aliphatic carboxylic acids is 1. The van der Waals surface area contributed by atoms with E-state index in [1.54, 1.807) is 0 Å². The van der Waals surface area contributed by atoms with Gasteiger partial charge in [0.2, 0.25) is 5.91 Å². The fraction of sp³-hybridized carbons (Fsp3) is 0.867. The third kappa shape index (κ3) is 4.47. The molecule has 1 saturated carbocycles. The monoisotopic (exact) mass is 284 g/mol. The second kappa shape index (κ2) is 7.62. The first-order valence-electron chi connectivity index (χ1n) is 7.57. The summed E-state index contributed by atoms with van der Waals surface area (Å²) in [6, 6.07) is 0.491. The highest BCUT2D eigenvalue weighted by molar-refractivity contribution is 5.85. The predicted molar refractivity (Wildman–Crippen MR) is 78.4 cm³/mol. The molecule has 0 aliphatic heterocycles. The van der Waals surface area contributed by atoms with Gasteiger partial charge in [0.05, 0.1) is 11.8 Å². The molecule has 0 saturated heterocycles. The Balaban J connectivity index is 2.40. The predicted octanol–water partition coefficient (Wildman–Crippen LogP) is 1.58. The summed E-state index contributed by atoms with van der Waals surface area (Å²) in [5.74, 6) is -1.51. The van der Waals surface area contributed by atoms with E-state index in [-0.39, 0.29) is 11.8 Å². The van der Waals surface area contributed by atoms with Crippen LogP contribution >= 0.6 is 0 Å². The summed E-state index contributed by atoms with van der Waals surface area (Å²) in [6.45, 7) is 7.68. The van der Waals surface area contributed by atoms with E-state index in [9.17, 15) is 14.7 Å². The molecule has 1 fully saturated rings. The van der Waals surface area contributed by atoms with Crippen molar-refractivity contribution in [1.29, 1.82) is 0 Å². The number of nitrogens with one attached hydrogen (secondary N) is 1. The van der Waals surface area contributed by atoms with E-state index in [2.05, 4.69) is 24.1 Å². The molecular formula is C15H28N2O3. The number of carboxylic acid groups (broad SMARTS) is 1. The molecule has 1 aliphatic carbocycles. The van der Waals surface area contributed by atoms with Crippen LogP contribution in [0.3, 0.4) is 0 Å². The second-order valence-corrected chi connectivity index (χ2v) is 6.16. The van der Waals surface area contributed by atoms with Crippen LogP contribution in [0.5, 0.6) is 0 Å². The maximum atomic E-state index is 12.1. The van der Waals surface area contributed by atoms with Gasteiger partial charge in [0.25, 0.3) is 0 Å².